The lowest BCUT2D eigenvalue weighted by molar-refractivity contribution is -0.184. The van der Waals surface area contributed by atoms with Crippen LogP contribution in [-0.4, -0.2) is 22.6 Å². The van der Waals surface area contributed by atoms with Crippen molar-refractivity contribution in [3.63, 3.8) is 0 Å². The van der Waals surface area contributed by atoms with Crippen LogP contribution in [0.2, 0.25) is 0 Å². The molecule has 1 saturated carbocycles. The Hall–Kier alpha value is -0.850. The molecule has 0 heterocycles. The van der Waals surface area contributed by atoms with Gasteiger partial charge in [-0.05, 0) is 38.5 Å². The molecular formula is C14H23F3N2OS. The second-order valence-corrected chi connectivity index (χ2v) is 6.17. The molecule has 0 saturated heterocycles. The van der Waals surface area contributed by atoms with Gasteiger partial charge in [0.15, 0.2) is 0 Å². The number of nitrogens with one attached hydrogen (secondary N) is 1. The molecule has 1 rings (SSSR count). The van der Waals surface area contributed by atoms with Crippen molar-refractivity contribution in [1.29, 1.82) is 0 Å². The first-order chi connectivity index (χ1) is 9.66. The summed E-state index contributed by atoms with van der Waals surface area (Å²) in [6.45, 7) is 3.76. The van der Waals surface area contributed by atoms with E-state index in [4.69, 9.17) is 18.0 Å². The Balaban J connectivity index is 2.64. The summed E-state index contributed by atoms with van der Waals surface area (Å²) in [5.41, 5.74) is 4.99. The minimum Gasteiger partial charge on any atom is -0.391 e. The highest BCUT2D eigenvalue weighted by Gasteiger charge is 2.43. The van der Waals surface area contributed by atoms with Gasteiger partial charge in [0.1, 0.15) is 0 Å². The number of halogens is 3. The van der Waals surface area contributed by atoms with Crippen molar-refractivity contribution in [2.45, 2.75) is 64.1 Å². The molecule has 0 aromatic heterocycles. The molecule has 0 atom stereocenters. The summed E-state index contributed by atoms with van der Waals surface area (Å²) in [7, 11) is 0. The normalized spacial score (nSPS) is 23.7. The molecule has 0 aromatic carbocycles. The fraction of sp³-hybridized carbons (Fsp3) is 0.857. The van der Waals surface area contributed by atoms with E-state index < -0.39 is 17.6 Å². The largest absolute Gasteiger partial charge is 0.391 e. The molecule has 3 N–H and O–H groups in total. The highest BCUT2D eigenvalue weighted by Crippen LogP contribution is 2.39. The van der Waals surface area contributed by atoms with E-state index in [-0.39, 0.29) is 42.5 Å². The first-order valence-corrected chi connectivity index (χ1v) is 7.75. The van der Waals surface area contributed by atoms with Crippen LogP contribution in [0, 0.1) is 11.8 Å². The van der Waals surface area contributed by atoms with E-state index in [0.29, 0.717) is 12.8 Å². The molecule has 0 aliphatic heterocycles. The van der Waals surface area contributed by atoms with Crippen LogP contribution in [0.1, 0.15) is 52.4 Å². The van der Waals surface area contributed by atoms with E-state index in [2.05, 4.69) is 5.32 Å². The molecule has 1 aliphatic rings. The molecule has 122 valence electrons. The third kappa shape index (κ3) is 4.31. The maximum absolute atomic E-state index is 12.6. The summed E-state index contributed by atoms with van der Waals surface area (Å²) < 4.78 is 37.9. The molecule has 1 aliphatic carbocycles. The van der Waals surface area contributed by atoms with E-state index >= 15 is 0 Å². The first kappa shape index (κ1) is 18.2. The molecule has 1 fully saturated rings. The number of hydrogen-bond acceptors (Lipinski definition) is 2. The molecule has 0 aromatic rings. The number of rotatable bonds is 5. The summed E-state index contributed by atoms with van der Waals surface area (Å²) in [5.74, 6) is -1.89. The lowest BCUT2D eigenvalue weighted by Gasteiger charge is -2.35. The maximum Gasteiger partial charge on any atom is 0.391 e. The zero-order chi connectivity index (χ0) is 16.3. The van der Waals surface area contributed by atoms with Gasteiger partial charge in [0.25, 0.3) is 0 Å². The van der Waals surface area contributed by atoms with Gasteiger partial charge in [-0.2, -0.15) is 13.2 Å². The van der Waals surface area contributed by atoms with Crippen LogP contribution in [0.5, 0.6) is 0 Å². The number of alkyl halides is 3. The minimum atomic E-state index is -4.16. The zero-order valence-corrected chi connectivity index (χ0v) is 13.2. The number of carbonyl (C=O) groups excluding carboxylic acids is 1. The second-order valence-electron chi connectivity index (χ2n) is 5.73. The molecule has 21 heavy (non-hydrogen) atoms. The highest BCUT2D eigenvalue weighted by atomic mass is 32.1. The lowest BCUT2D eigenvalue weighted by Crippen LogP contribution is -2.57. The smallest absolute Gasteiger partial charge is 0.391 e. The molecule has 0 bridgehead atoms. The van der Waals surface area contributed by atoms with Gasteiger partial charge < -0.3 is 11.1 Å². The second kappa shape index (κ2) is 6.94. The Morgan fingerprint density at radius 1 is 1.19 bits per heavy atom. The quantitative estimate of drug-likeness (QED) is 0.763. The number of hydrogen-bond donors (Lipinski definition) is 2. The standard InChI is InChI=1S/C14H23F3N2OS/c1-3-13(4-2,12(18)21)19-11(20)9-5-7-10(8-6-9)14(15,16)17/h9-10H,3-8H2,1-2H3,(H2,18,21)(H,19,20). The number of amides is 1. The van der Waals surface area contributed by atoms with Gasteiger partial charge in [0, 0.05) is 5.92 Å². The third-order valence-electron chi connectivity index (χ3n) is 4.60. The summed E-state index contributed by atoms with van der Waals surface area (Å²) >= 11 is 5.03. The van der Waals surface area contributed by atoms with Crippen LogP contribution in [0.4, 0.5) is 13.2 Å². The summed E-state index contributed by atoms with van der Waals surface area (Å²) in [6.07, 6.45) is -2.46. The van der Waals surface area contributed by atoms with Crippen molar-refractivity contribution >= 4 is 23.1 Å². The van der Waals surface area contributed by atoms with Crippen molar-refractivity contribution in [3.8, 4) is 0 Å². The van der Waals surface area contributed by atoms with Gasteiger partial charge in [-0.25, -0.2) is 0 Å². The molecule has 7 heteroatoms. The van der Waals surface area contributed by atoms with Crippen molar-refractivity contribution in [1.82, 2.24) is 5.32 Å². The van der Waals surface area contributed by atoms with Crippen LogP contribution < -0.4 is 11.1 Å². The van der Waals surface area contributed by atoms with E-state index in [9.17, 15) is 18.0 Å². The van der Waals surface area contributed by atoms with Gasteiger partial charge in [-0.15, -0.1) is 0 Å². The Labute approximate surface area is 128 Å². The van der Waals surface area contributed by atoms with Crippen LogP contribution in [-0.2, 0) is 4.79 Å². The van der Waals surface area contributed by atoms with Crippen LogP contribution in [0.25, 0.3) is 0 Å². The van der Waals surface area contributed by atoms with Crippen molar-refractivity contribution in [2.75, 3.05) is 0 Å². The van der Waals surface area contributed by atoms with Gasteiger partial charge in [0.2, 0.25) is 5.91 Å². The topological polar surface area (TPSA) is 55.1 Å². The maximum atomic E-state index is 12.6. The molecule has 1 amide bonds. The minimum absolute atomic E-state index is 0.0138. The van der Waals surface area contributed by atoms with Gasteiger partial charge in [0.05, 0.1) is 16.4 Å². The fourth-order valence-corrected chi connectivity index (χ4v) is 3.20. The Kier molecular flexibility index (Phi) is 6.01. The first-order valence-electron chi connectivity index (χ1n) is 7.35. The van der Waals surface area contributed by atoms with Crippen molar-refractivity contribution in [2.24, 2.45) is 17.6 Å². The molecule has 0 unspecified atom stereocenters. The highest BCUT2D eigenvalue weighted by molar-refractivity contribution is 7.80. The van der Waals surface area contributed by atoms with E-state index in [0.717, 1.165) is 0 Å². The zero-order valence-electron chi connectivity index (χ0n) is 12.4. The average Bonchev–Trinajstić information content (AvgIpc) is 2.43. The van der Waals surface area contributed by atoms with E-state index in [1.165, 1.54) is 0 Å². The van der Waals surface area contributed by atoms with Gasteiger partial charge in [-0.1, -0.05) is 26.1 Å². The number of thiocarbonyl (C=S) groups is 1. The van der Waals surface area contributed by atoms with E-state index in [1.807, 2.05) is 13.8 Å². The molecular weight excluding hydrogens is 301 g/mol. The van der Waals surface area contributed by atoms with Gasteiger partial charge in [-0.3, -0.25) is 4.79 Å². The predicted molar refractivity (Wildman–Crippen MR) is 79.7 cm³/mol. The summed E-state index contributed by atoms with van der Waals surface area (Å²) in [4.78, 5) is 12.5. The summed E-state index contributed by atoms with van der Waals surface area (Å²) in [6, 6.07) is 0. The average molecular weight is 324 g/mol. The Morgan fingerprint density at radius 2 is 1.67 bits per heavy atom. The molecule has 0 spiro atoms. The Bertz CT molecular complexity index is 386. The number of carbonyl (C=O) groups is 1. The lowest BCUT2D eigenvalue weighted by atomic mass is 9.80. The summed E-state index contributed by atoms with van der Waals surface area (Å²) in [5, 5.41) is 2.87. The van der Waals surface area contributed by atoms with E-state index in [1.54, 1.807) is 0 Å². The number of nitrogens with two attached hydrogens (primary N) is 1. The SMILES string of the molecule is CCC(CC)(NC(=O)C1CCC(C(F)(F)F)CC1)C(N)=S. The van der Waals surface area contributed by atoms with Crippen LogP contribution in [0.15, 0.2) is 0 Å². The molecule has 3 nitrogen and oxygen atoms in total. The third-order valence-corrected chi connectivity index (χ3v) is 4.99. The fourth-order valence-electron chi connectivity index (χ4n) is 2.86. The van der Waals surface area contributed by atoms with Crippen LogP contribution in [0.3, 0.4) is 0 Å². The van der Waals surface area contributed by atoms with Crippen LogP contribution >= 0.6 is 12.2 Å². The Morgan fingerprint density at radius 3 is 2.00 bits per heavy atom. The monoisotopic (exact) mass is 324 g/mol. The predicted octanol–water partition coefficient (Wildman–Crippen LogP) is 3.32. The van der Waals surface area contributed by atoms with Crippen molar-refractivity contribution in [3.05, 3.63) is 0 Å². The van der Waals surface area contributed by atoms with Crippen molar-refractivity contribution < 1.29 is 18.0 Å². The van der Waals surface area contributed by atoms with Gasteiger partial charge >= 0.3 is 6.18 Å². The molecule has 0 radical (unpaired) electrons.